The molecule has 0 radical (unpaired) electrons. The summed E-state index contributed by atoms with van der Waals surface area (Å²) in [6.07, 6.45) is 6.75. The molecule has 5 rings (SSSR count). The highest BCUT2D eigenvalue weighted by Crippen LogP contribution is 2.36. The molecule has 1 aliphatic rings. The Balaban J connectivity index is 1.53. The van der Waals surface area contributed by atoms with Gasteiger partial charge in [-0.1, -0.05) is 29.3 Å². The third-order valence-corrected chi connectivity index (χ3v) is 6.83. The van der Waals surface area contributed by atoms with E-state index in [1.165, 1.54) is 6.33 Å². The molecule has 3 heterocycles. The molecule has 0 bridgehead atoms. The lowest BCUT2D eigenvalue weighted by Gasteiger charge is -2.24. The number of thioether (sulfide) groups is 1. The Bertz CT molecular complexity index is 1300. The zero-order chi connectivity index (χ0) is 22.2. The molecule has 1 N–H and O–H groups in total. The molecule has 1 amide bonds. The Kier molecular flexibility index (Phi) is 5.80. The van der Waals surface area contributed by atoms with Gasteiger partial charge in [0.15, 0.2) is 0 Å². The molecule has 0 spiro atoms. The molecule has 1 fully saturated rings. The van der Waals surface area contributed by atoms with E-state index in [4.69, 9.17) is 28.2 Å². The molecular weight excluding hydrogens is 465 g/mol. The first-order chi connectivity index (χ1) is 15.5. The highest BCUT2D eigenvalue weighted by atomic mass is 35.5. The predicted octanol–water partition coefficient (Wildman–Crippen LogP) is 6.03. The van der Waals surface area contributed by atoms with E-state index < -0.39 is 0 Å². The number of nitrogens with one attached hydrogen (secondary N) is 1. The number of imidazole rings is 1. The van der Waals surface area contributed by atoms with E-state index in [1.54, 1.807) is 36.2 Å². The summed E-state index contributed by atoms with van der Waals surface area (Å²) in [6, 6.07) is 11.1. The second kappa shape index (κ2) is 8.73. The Morgan fingerprint density at radius 1 is 1.22 bits per heavy atom. The highest BCUT2D eigenvalue weighted by Gasteiger charge is 2.34. The van der Waals surface area contributed by atoms with Crippen LogP contribution in [0.2, 0.25) is 10.0 Å². The maximum atomic E-state index is 13.7. The van der Waals surface area contributed by atoms with Gasteiger partial charge in [0.1, 0.15) is 17.7 Å². The van der Waals surface area contributed by atoms with E-state index in [-0.39, 0.29) is 11.9 Å². The van der Waals surface area contributed by atoms with Crippen LogP contribution in [0, 0.1) is 0 Å². The molecule has 32 heavy (non-hydrogen) atoms. The Labute approximate surface area is 199 Å². The van der Waals surface area contributed by atoms with Gasteiger partial charge in [-0.05, 0) is 49.4 Å². The normalized spacial score (nSPS) is 16.1. The van der Waals surface area contributed by atoms with Crippen molar-refractivity contribution in [1.29, 1.82) is 0 Å². The van der Waals surface area contributed by atoms with Gasteiger partial charge in [0, 0.05) is 33.2 Å². The van der Waals surface area contributed by atoms with Crippen LogP contribution in [0.15, 0.2) is 53.8 Å². The third kappa shape index (κ3) is 3.85. The first-order valence-corrected chi connectivity index (χ1v) is 12.1. The van der Waals surface area contributed by atoms with Crippen molar-refractivity contribution in [1.82, 2.24) is 24.8 Å². The van der Waals surface area contributed by atoms with Crippen molar-refractivity contribution >= 4 is 51.9 Å². The standard InChI is InChI=1S/C23H19Cl2N5OS/c1-32-19-6-2-4-17-21(19)29-22(28-17)18-5-3-7-30(18)23(31)16-11-26-12-27-20(16)13-8-14(24)10-15(25)9-13/h2,4,6,8-12,18H,3,5,7H2,1H3,(H,28,29)/t18-/m0/s1. The molecule has 0 unspecified atom stereocenters. The number of carbonyl (C=O) groups excluding carboxylic acids is 1. The van der Waals surface area contributed by atoms with Gasteiger partial charge in [0.2, 0.25) is 0 Å². The average Bonchev–Trinajstić information content (AvgIpc) is 3.44. The van der Waals surface area contributed by atoms with Crippen LogP contribution in [-0.2, 0) is 0 Å². The molecule has 1 aliphatic heterocycles. The third-order valence-electron chi connectivity index (χ3n) is 5.62. The van der Waals surface area contributed by atoms with Crippen LogP contribution >= 0.6 is 35.0 Å². The van der Waals surface area contributed by atoms with Gasteiger partial charge in [-0.2, -0.15) is 0 Å². The molecule has 1 atom stereocenters. The monoisotopic (exact) mass is 483 g/mol. The van der Waals surface area contributed by atoms with Crippen LogP contribution in [0.25, 0.3) is 22.3 Å². The number of hydrogen-bond acceptors (Lipinski definition) is 5. The van der Waals surface area contributed by atoms with Gasteiger partial charge in [-0.25, -0.2) is 15.0 Å². The van der Waals surface area contributed by atoms with Crippen molar-refractivity contribution in [2.45, 2.75) is 23.8 Å². The van der Waals surface area contributed by atoms with E-state index in [0.29, 0.717) is 33.4 Å². The molecule has 2 aromatic heterocycles. The fraction of sp³-hybridized carbons (Fsp3) is 0.217. The summed E-state index contributed by atoms with van der Waals surface area (Å²) in [6.45, 7) is 0.639. The van der Waals surface area contributed by atoms with E-state index in [9.17, 15) is 4.79 Å². The first-order valence-electron chi connectivity index (χ1n) is 10.1. The smallest absolute Gasteiger partial charge is 0.258 e. The predicted molar refractivity (Wildman–Crippen MR) is 128 cm³/mol. The molecule has 4 aromatic rings. The van der Waals surface area contributed by atoms with Crippen LogP contribution < -0.4 is 0 Å². The van der Waals surface area contributed by atoms with Crippen molar-refractivity contribution in [3.63, 3.8) is 0 Å². The molecule has 2 aromatic carbocycles. The molecule has 162 valence electrons. The number of aromatic amines is 1. The van der Waals surface area contributed by atoms with E-state index in [2.05, 4.69) is 21.0 Å². The van der Waals surface area contributed by atoms with Gasteiger partial charge in [-0.3, -0.25) is 4.79 Å². The van der Waals surface area contributed by atoms with Gasteiger partial charge in [-0.15, -0.1) is 11.8 Å². The van der Waals surface area contributed by atoms with Crippen molar-refractivity contribution < 1.29 is 4.79 Å². The van der Waals surface area contributed by atoms with Crippen LogP contribution in [-0.4, -0.2) is 43.5 Å². The summed E-state index contributed by atoms with van der Waals surface area (Å²) in [5.74, 6) is 0.668. The first kappa shape index (κ1) is 21.2. The van der Waals surface area contributed by atoms with Crippen LogP contribution in [0.4, 0.5) is 0 Å². The summed E-state index contributed by atoms with van der Waals surface area (Å²) < 4.78 is 0. The van der Waals surface area contributed by atoms with Crippen molar-refractivity contribution in [2.75, 3.05) is 12.8 Å². The number of para-hydroxylation sites is 1. The summed E-state index contributed by atoms with van der Waals surface area (Å²) in [7, 11) is 0. The lowest BCUT2D eigenvalue weighted by molar-refractivity contribution is 0.0730. The number of carbonyl (C=O) groups is 1. The molecule has 1 saturated heterocycles. The molecule has 0 saturated carbocycles. The number of hydrogen-bond donors (Lipinski definition) is 1. The fourth-order valence-corrected chi connectivity index (χ4v) is 5.29. The van der Waals surface area contributed by atoms with E-state index in [1.807, 2.05) is 23.3 Å². The summed E-state index contributed by atoms with van der Waals surface area (Å²) in [5, 5.41) is 0.964. The summed E-state index contributed by atoms with van der Waals surface area (Å²) in [5.41, 5.74) is 3.51. The number of rotatable bonds is 4. The average molecular weight is 484 g/mol. The van der Waals surface area contributed by atoms with Crippen LogP contribution in [0.5, 0.6) is 0 Å². The Hall–Kier alpha value is -2.61. The maximum Gasteiger partial charge on any atom is 0.258 e. The Morgan fingerprint density at radius 3 is 2.81 bits per heavy atom. The highest BCUT2D eigenvalue weighted by molar-refractivity contribution is 7.98. The minimum Gasteiger partial charge on any atom is -0.340 e. The van der Waals surface area contributed by atoms with Crippen LogP contribution in [0.1, 0.15) is 35.1 Å². The molecular formula is C23H19Cl2N5OS. The number of likely N-dealkylation sites (tertiary alicyclic amines) is 1. The van der Waals surface area contributed by atoms with Crippen molar-refractivity contribution in [2.24, 2.45) is 0 Å². The topological polar surface area (TPSA) is 74.8 Å². The molecule has 9 heteroatoms. The largest absolute Gasteiger partial charge is 0.340 e. The van der Waals surface area contributed by atoms with E-state index in [0.717, 1.165) is 34.6 Å². The van der Waals surface area contributed by atoms with E-state index >= 15 is 0 Å². The zero-order valence-corrected chi connectivity index (χ0v) is 19.5. The van der Waals surface area contributed by atoms with Crippen molar-refractivity contribution in [3.05, 3.63) is 70.4 Å². The lowest BCUT2D eigenvalue weighted by Crippen LogP contribution is -2.31. The molecule has 0 aliphatic carbocycles. The fourth-order valence-electron chi connectivity index (χ4n) is 4.20. The zero-order valence-electron chi connectivity index (χ0n) is 17.2. The number of fused-ring (bicyclic) bond motifs is 1. The number of nitrogens with zero attached hydrogens (tertiary/aromatic N) is 4. The maximum absolute atomic E-state index is 13.7. The van der Waals surface area contributed by atoms with Gasteiger partial charge >= 0.3 is 0 Å². The lowest BCUT2D eigenvalue weighted by atomic mass is 10.1. The SMILES string of the molecule is CSc1cccc2[nH]c([C@@H]3CCCN3C(=O)c3cncnc3-c3cc(Cl)cc(Cl)c3)nc12. The van der Waals surface area contributed by atoms with Gasteiger partial charge < -0.3 is 9.88 Å². The number of benzene rings is 2. The minimum absolute atomic E-state index is 0.134. The van der Waals surface area contributed by atoms with Gasteiger partial charge in [0.25, 0.3) is 5.91 Å². The minimum atomic E-state index is -0.138. The summed E-state index contributed by atoms with van der Waals surface area (Å²) >= 11 is 14.0. The summed E-state index contributed by atoms with van der Waals surface area (Å²) in [4.78, 5) is 33.4. The number of halogens is 2. The second-order valence-electron chi connectivity index (χ2n) is 7.58. The Morgan fingerprint density at radius 2 is 2.03 bits per heavy atom. The quantitative estimate of drug-likeness (QED) is 0.358. The number of H-pyrrole nitrogens is 1. The number of aromatic nitrogens is 4. The van der Waals surface area contributed by atoms with Crippen molar-refractivity contribution in [3.8, 4) is 11.3 Å². The van der Waals surface area contributed by atoms with Crippen LogP contribution in [0.3, 0.4) is 0 Å². The number of amides is 1. The van der Waals surface area contributed by atoms with Gasteiger partial charge in [0.05, 0.1) is 22.8 Å². The second-order valence-corrected chi connectivity index (χ2v) is 9.30. The molecule has 6 nitrogen and oxygen atoms in total.